The van der Waals surface area contributed by atoms with E-state index >= 15 is 0 Å². The van der Waals surface area contributed by atoms with Crippen molar-refractivity contribution >= 4 is 21.7 Å². The van der Waals surface area contributed by atoms with E-state index in [-0.39, 0.29) is 10.5 Å². The maximum absolute atomic E-state index is 11.2. The van der Waals surface area contributed by atoms with E-state index in [1.54, 1.807) is 0 Å². The van der Waals surface area contributed by atoms with Crippen molar-refractivity contribution < 1.29 is 18.3 Å². The van der Waals surface area contributed by atoms with Gasteiger partial charge in [-0.3, -0.25) is 0 Å². The third-order valence-electron chi connectivity index (χ3n) is 3.23. The Balaban J connectivity index is 1.98. The van der Waals surface area contributed by atoms with Crippen molar-refractivity contribution in [2.24, 2.45) is 5.14 Å². The Morgan fingerprint density at radius 2 is 2.05 bits per heavy atom. The number of nitrogens with one attached hydrogen (secondary N) is 2. The minimum atomic E-state index is -3.91. The summed E-state index contributed by atoms with van der Waals surface area (Å²) in [5.74, 6) is -1.20. The largest absolute Gasteiger partial charge is 0.478 e. The molecule has 0 amide bonds. The van der Waals surface area contributed by atoms with Crippen molar-refractivity contribution in [1.82, 2.24) is 5.32 Å². The Morgan fingerprint density at radius 1 is 1.33 bits per heavy atom. The third-order valence-corrected chi connectivity index (χ3v) is 4.14. The van der Waals surface area contributed by atoms with Crippen LogP contribution in [0.5, 0.6) is 0 Å². The second-order valence-electron chi connectivity index (χ2n) is 5.07. The van der Waals surface area contributed by atoms with E-state index in [1.165, 1.54) is 25.0 Å². The number of primary sulfonamides is 1. The number of nitrogens with two attached hydrogens (primary N) is 1. The molecule has 0 radical (unpaired) electrons. The first-order valence-corrected chi connectivity index (χ1v) is 8.30. The van der Waals surface area contributed by atoms with Crippen molar-refractivity contribution in [3.05, 3.63) is 23.8 Å². The zero-order chi connectivity index (χ0) is 15.5. The second kappa shape index (κ2) is 6.42. The quantitative estimate of drug-likeness (QED) is 0.521. The zero-order valence-corrected chi connectivity index (χ0v) is 12.3. The molecule has 0 spiro atoms. The summed E-state index contributed by atoms with van der Waals surface area (Å²) < 4.78 is 22.5. The number of hydrogen-bond donors (Lipinski definition) is 4. The van der Waals surface area contributed by atoms with Crippen LogP contribution in [0.15, 0.2) is 23.1 Å². The average Bonchev–Trinajstić information content (AvgIpc) is 3.21. The lowest BCUT2D eigenvalue weighted by atomic mass is 10.1. The molecule has 5 N–H and O–H groups in total. The summed E-state index contributed by atoms with van der Waals surface area (Å²) in [4.78, 5) is 11.0. The number of hydrogen-bond acceptors (Lipinski definition) is 5. The highest BCUT2D eigenvalue weighted by atomic mass is 32.2. The molecule has 0 unspecified atom stereocenters. The van der Waals surface area contributed by atoms with E-state index in [0.29, 0.717) is 18.3 Å². The number of aromatic carboxylic acids is 1. The molecule has 1 aromatic carbocycles. The Hall–Kier alpha value is -1.64. The van der Waals surface area contributed by atoms with Crippen LogP contribution in [0.2, 0.25) is 0 Å². The Labute approximate surface area is 123 Å². The molecule has 21 heavy (non-hydrogen) atoms. The van der Waals surface area contributed by atoms with Crippen molar-refractivity contribution in [3.8, 4) is 0 Å². The number of carboxylic acids is 1. The highest BCUT2D eigenvalue weighted by Crippen LogP contribution is 2.20. The third kappa shape index (κ3) is 4.69. The van der Waals surface area contributed by atoms with E-state index in [0.717, 1.165) is 19.0 Å². The normalized spacial score (nSPS) is 14.9. The van der Waals surface area contributed by atoms with Crippen LogP contribution in [0.3, 0.4) is 0 Å². The number of sulfonamides is 1. The molecule has 0 aromatic heterocycles. The summed E-state index contributed by atoms with van der Waals surface area (Å²) in [6.45, 7) is 1.48. The van der Waals surface area contributed by atoms with Crippen molar-refractivity contribution in [3.63, 3.8) is 0 Å². The average molecular weight is 313 g/mol. The molecule has 1 fully saturated rings. The molecule has 0 atom stereocenters. The number of carbonyl (C=O) groups is 1. The van der Waals surface area contributed by atoms with Crippen LogP contribution in [0.4, 0.5) is 5.69 Å². The van der Waals surface area contributed by atoms with Gasteiger partial charge in [-0.15, -0.1) is 0 Å². The molecule has 0 saturated heterocycles. The van der Waals surface area contributed by atoms with E-state index < -0.39 is 16.0 Å². The summed E-state index contributed by atoms with van der Waals surface area (Å²) >= 11 is 0. The maximum atomic E-state index is 11.2. The molecule has 1 saturated carbocycles. The summed E-state index contributed by atoms with van der Waals surface area (Å²) in [5, 5.41) is 20.5. The molecule has 0 bridgehead atoms. The molecule has 1 aliphatic rings. The van der Waals surface area contributed by atoms with E-state index in [9.17, 15) is 13.2 Å². The fourth-order valence-electron chi connectivity index (χ4n) is 1.94. The van der Waals surface area contributed by atoms with Gasteiger partial charge in [-0.1, -0.05) is 0 Å². The van der Waals surface area contributed by atoms with E-state index in [2.05, 4.69) is 10.6 Å². The minimum absolute atomic E-state index is 0.100. The Kier molecular flexibility index (Phi) is 4.81. The van der Waals surface area contributed by atoms with Gasteiger partial charge in [0.05, 0.1) is 10.5 Å². The van der Waals surface area contributed by atoms with Crippen molar-refractivity contribution in [2.45, 2.75) is 30.2 Å². The molecular weight excluding hydrogens is 294 g/mol. The predicted molar refractivity (Wildman–Crippen MR) is 78.9 cm³/mol. The first-order chi connectivity index (χ1) is 9.88. The number of anilines is 1. The van der Waals surface area contributed by atoms with Crippen LogP contribution in [0.1, 0.15) is 29.6 Å². The fraction of sp³-hybridized carbons (Fsp3) is 0.462. The van der Waals surface area contributed by atoms with Crippen LogP contribution < -0.4 is 15.8 Å². The Morgan fingerprint density at radius 3 is 2.62 bits per heavy atom. The van der Waals surface area contributed by atoms with Crippen molar-refractivity contribution in [2.75, 3.05) is 18.4 Å². The highest BCUT2D eigenvalue weighted by Gasteiger charge is 2.19. The van der Waals surface area contributed by atoms with Crippen molar-refractivity contribution in [1.29, 1.82) is 0 Å². The summed E-state index contributed by atoms with van der Waals surface area (Å²) in [5.41, 5.74) is 0.290. The number of carboxylic acid groups (broad SMARTS) is 1. The SMILES string of the molecule is NS(=O)(=O)c1ccc(NCCCNC2CC2)c(C(=O)O)c1. The minimum Gasteiger partial charge on any atom is -0.478 e. The maximum Gasteiger partial charge on any atom is 0.337 e. The summed E-state index contributed by atoms with van der Waals surface area (Å²) in [7, 11) is -3.91. The van der Waals surface area contributed by atoms with Gasteiger partial charge in [0.25, 0.3) is 0 Å². The van der Waals surface area contributed by atoms with Gasteiger partial charge in [0.15, 0.2) is 0 Å². The van der Waals surface area contributed by atoms with Gasteiger partial charge in [-0.05, 0) is 44.0 Å². The molecular formula is C13H19N3O4S. The molecule has 0 heterocycles. The van der Waals surface area contributed by atoms with Gasteiger partial charge in [0, 0.05) is 18.3 Å². The van der Waals surface area contributed by atoms with Crippen LogP contribution in [-0.2, 0) is 10.0 Å². The van der Waals surface area contributed by atoms with Gasteiger partial charge in [0.1, 0.15) is 0 Å². The van der Waals surface area contributed by atoms with Gasteiger partial charge in [-0.25, -0.2) is 18.4 Å². The standard InChI is InChI=1S/C13H19N3O4S/c14-21(19,20)10-4-5-12(11(8-10)13(17)18)16-7-1-6-15-9-2-3-9/h4-5,8-9,15-16H,1-3,6-7H2,(H,17,18)(H2,14,19,20). The highest BCUT2D eigenvalue weighted by molar-refractivity contribution is 7.89. The zero-order valence-electron chi connectivity index (χ0n) is 11.5. The van der Waals surface area contributed by atoms with Gasteiger partial charge >= 0.3 is 5.97 Å². The molecule has 7 nitrogen and oxygen atoms in total. The topological polar surface area (TPSA) is 122 Å². The fourth-order valence-corrected chi connectivity index (χ4v) is 2.48. The van der Waals surface area contributed by atoms with Gasteiger partial charge in [0.2, 0.25) is 10.0 Å². The summed E-state index contributed by atoms with van der Waals surface area (Å²) in [6, 6.07) is 4.45. The molecule has 1 aromatic rings. The van der Waals surface area contributed by atoms with Gasteiger partial charge < -0.3 is 15.7 Å². The van der Waals surface area contributed by atoms with E-state index in [4.69, 9.17) is 10.2 Å². The summed E-state index contributed by atoms with van der Waals surface area (Å²) in [6.07, 6.45) is 3.31. The van der Waals surface area contributed by atoms with E-state index in [1.807, 2.05) is 0 Å². The van der Waals surface area contributed by atoms with Gasteiger partial charge in [-0.2, -0.15) is 0 Å². The van der Waals surface area contributed by atoms with Crippen LogP contribution in [-0.4, -0.2) is 38.6 Å². The lowest BCUT2D eigenvalue weighted by Gasteiger charge is -2.11. The number of rotatable bonds is 8. The molecule has 2 rings (SSSR count). The lowest BCUT2D eigenvalue weighted by Crippen LogP contribution is -2.20. The lowest BCUT2D eigenvalue weighted by molar-refractivity contribution is 0.0697. The number of benzene rings is 1. The molecule has 8 heteroatoms. The predicted octanol–water partition coefficient (Wildman–Crippen LogP) is 0.586. The van der Waals surface area contributed by atoms with Crippen LogP contribution >= 0.6 is 0 Å². The molecule has 116 valence electrons. The Bertz CT molecular complexity index is 626. The smallest absolute Gasteiger partial charge is 0.337 e. The van der Waals surface area contributed by atoms with Crippen LogP contribution in [0.25, 0.3) is 0 Å². The molecule has 0 aliphatic heterocycles. The molecule has 1 aliphatic carbocycles. The van der Waals surface area contributed by atoms with Crippen LogP contribution in [0, 0.1) is 0 Å². The monoisotopic (exact) mass is 313 g/mol. The second-order valence-corrected chi connectivity index (χ2v) is 6.63. The first kappa shape index (κ1) is 15.7. The first-order valence-electron chi connectivity index (χ1n) is 6.75.